The van der Waals surface area contributed by atoms with Crippen LogP contribution in [0.25, 0.3) is 0 Å². The molecule has 17 nitrogen and oxygen atoms in total. The molecule has 5 atom stereocenters. The van der Waals surface area contributed by atoms with Crippen molar-refractivity contribution in [1.29, 1.82) is 0 Å². The second-order valence-corrected chi connectivity index (χ2v) is 30.2. The van der Waals surface area contributed by atoms with E-state index in [0.29, 0.717) is 25.7 Å². The molecule has 0 saturated heterocycles. The highest BCUT2D eigenvalue weighted by atomic mass is 31.2. The third-order valence-electron chi connectivity index (χ3n) is 17.0. The topological polar surface area (TPSA) is 237 Å². The van der Waals surface area contributed by atoms with Crippen LogP contribution in [0.3, 0.4) is 0 Å². The molecular formula is C89H148O17P2. The summed E-state index contributed by atoms with van der Waals surface area (Å²) in [6.07, 6.45) is 93.8. The van der Waals surface area contributed by atoms with Gasteiger partial charge in [-0.05, 0) is 128 Å². The van der Waals surface area contributed by atoms with Gasteiger partial charge in [-0.15, -0.1) is 0 Å². The predicted octanol–water partition coefficient (Wildman–Crippen LogP) is 24.8. The Hall–Kier alpha value is -5.32. The Kier molecular flexibility index (Phi) is 75.8. The number of hydrogen-bond acceptors (Lipinski definition) is 15. The first-order valence-corrected chi connectivity index (χ1v) is 44.7. The fourth-order valence-electron chi connectivity index (χ4n) is 10.8. The molecule has 0 bridgehead atoms. The standard InChI is InChI=1S/C89H148O17P2/c1-5-9-13-17-21-25-29-33-37-39-41-43-47-50-54-58-62-66-70-74-87(92)100-80-85(106-89(94)76-72-68-64-60-56-52-48-44-42-40-38-34-30-26-22-18-14-10-6-2)82-104-108(97,98)102-78-83(90)77-101-107(95,96)103-81-84(105-88(93)75-71-67-63-59-55-51-46-36-32-28-24-20-16-12-8-4)79-99-86(91)73-69-65-61-57-53-49-45-35-31-27-23-19-15-11-7-3/h9-11,13-15,21-23,25-27,33-35,37-38,41-45,53,57,65,69,83-85,90H,5-8,12,16-20,24,28-32,36,39-40,46-52,54-56,58-64,66-68,70-82H2,1-4H3,(H,95,96)(H,97,98)/b13-9-,14-10-,15-11-,25-21-,26-22-,27-23-,37-33-,38-34-,43-41-,44-42-,45-35-,57-53-,69-65-. The summed E-state index contributed by atoms with van der Waals surface area (Å²) in [5.74, 6) is -2.35. The maximum Gasteiger partial charge on any atom is 0.472 e. The van der Waals surface area contributed by atoms with Gasteiger partial charge < -0.3 is 33.8 Å². The second kappa shape index (κ2) is 79.8. The lowest BCUT2D eigenvalue weighted by Crippen LogP contribution is -2.30. The molecule has 3 N–H and O–H groups in total. The molecule has 108 heavy (non-hydrogen) atoms. The zero-order chi connectivity index (χ0) is 78.9. The lowest BCUT2D eigenvalue weighted by Gasteiger charge is -2.21. The number of carbonyl (C=O) groups is 4. The Morgan fingerprint density at radius 2 is 0.519 bits per heavy atom. The van der Waals surface area contributed by atoms with Gasteiger partial charge in [0.05, 0.1) is 32.8 Å². The molecule has 0 aromatic rings. The van der Waals surface area contributed by atoms with Crippen LogP contribution in [0.1, 0.15) is 323 Å². The minimum absolute atomic E-state index is 0.0685. The third kappa shape index (κ3) is 78.8. The van der Waals surface area contributed by atoms with Crippen LogP contribution in [0.15, 0.2) is 158 Å². The van der Waals surface area contributed by atoms with E-state index in [0.717, 1.165) is 180 Å². The maximum absolute atomic E-state index is 13.1. The van der Waals surface area contributed by atoms with E-state index in [4.69, 9.17) is 37.0 Å². The first-order chi connectivity index (χ1) is 52.7. The molecule has 0 rings (SSSR count). The Morgan fingerprint density at radius 1 is 0.278 bits per heavy atom. The summed E-state index contributed by atoms with van der Waals surface area (Å²) >= 11 is 0. The van der Waals surface area contributed by atoms with Crippen LogP contribution >= 0.6 is 15.6 Å². The van der Waals surface area contributed by atoms with Gasteiger partial charge in [0.15, 0.2) is 12.2 Å². The van der Waals surface area contributed by atoms with Crippen molar-refractivity contribution >= 4 is 39.5 Å². The van der Waals surface area contributed by atoms with E-state index in [9.17, 15) is 43.2 Å². The molecule has 0 saturated carbocycles. The molecule has 0 aromatic carbocycles. The van der Waals surface area contributed by atoms with E-state index in [1.54, 1.807) is 6.08 Å². The highest BCUT2D eigenvalue weighted by Crippen LogP contribution is 2.45. The summed E-state index contributed by atoms with van der Waals surface area (Å²) in [6, 6.07) is 0. The smallest absolute Gasteiger partial charge is 0.462 e. The minimum Gasteiger partial charge on any atom is -0.462 e. The molecule has 616 valence electrons. The average Bonchev–Trinajstić information content (AvgIpc) is 0.899. The fraction of sp³-hybridized carbons (Fsp3) is 0.663. The van der Waals surface area contributed by atoms with Crippen molar-refractivity contribution in [2.24, 2.45) is 0 Å². The third-order valence-corrected chi connectivity index (χ3v) is 18.9. The summed E-state index contributed by atoms with van der Waals surface area (Å²) in [4.78, 5) is 73.1. The van der Waals surface area contributed by atoms with Crippen LogP contribution in [0.4, 0.5) is 0 Å². The van der Waals surface area contributed by atoms with Gasteiger partial charge in [-0.3, -0.25) is 37.3 Å². The van der Waals surface area contributed by atoms with Crippen LogP contribution in [-0.4, -0.2) is 96.7 Å². The zero-order valence-corrected chi connectivity index (χ0v) is 69.3. The fourth-order valence-corrected chi connectivity index (χ4v) is 12.4. The van der Waals surface area contributed by atoms with Gasteiger partial charge in [0.25, 0.3) is 0 Å². The van der Waals surface area contributed by atoms with Crippen molar-refractivity contribution < 1.29 is 80.2 Å². The van der Waals surface area contributed by atoms with E-state index < -0.39 is 97.5 Å². The van der Waals surface area contributed by atoms with Gasteiger partial charge in [-0.25, -0.2) is 9.13 Å². The molecule has 0 heterocycles. The van der Waals surface area contributed by atoms with Crippen LogP contribution in [0, 0.1) is 0 Å². The lowest BCUT2D eigenvalue weighted by molar-refractivity contribution is -0.161. The van der Waals surface area contributed by atoms with Gasteiger partial charge in [0, 0.05) is 19.3 Å². The van der Waals surface area contributed by atoms with Crippen molar-refractivity contribution in [2.75, 3.05) is 39.6 Å². The van der Waals surface area contributed by atoms with Crippen molar-refractivity contribution in [1.82, 2.24) is 0 Å². The Balaban J connectivity index is 5.46. The van der Waals surface area contributed by atoms with E-state index >= 15 is 0 Å². The molecule has 5 unspecified atom stereocenters. The largest absolute Gasteiger partial charge is 0.472 e. The first-order valence-electron chi connectivity index (χ1n) is 41.7. The number of allylic oxidation sites excluding steroid dienone is 25. The van der Waals surface area contributed by atoms with Gasteiger partial charge in [0.1, 0.15) is 19.3 Å². The maximum atomic E-state index is 13.1. The summed E-state index contributed by atoms with van der Waals surface area (Å²) in [5.41, 5.74) is 0. The molecule has 0 amide bonds. The van der Waals surface area contributed by atoms with Crippen molar-refractivity contribution in [3.8, 4) is 0 Å². The normalized spacial score (nSPS) is 14.6. The molecule has 0 radical (unpaired) electrons. The number of unbranched alkanes of at least 4 members (excludes halogenated alkanes) is 26. The molecule has 0 spiro atoms. The SMILES string of the molecule is CC/C=C\C/C=C\C/C=C\C/C=C\C/C=C\CC(=O)OCC(COP(=O)(O)OCC(O)COP(=O)(O)OCC(COC(=O)CCCCCCCC/C=C\C/C=C\C/C=C\C/C=C\CC)OC(=O)CCCCCCCC/C=C\C/C=C\C/C=C\C/C=C\CC)OC(=O)CCCCCCCCCCCCCCCCC. The van der Waals surface area contributed by atoms with E-state index in [-0.39, 0.29) is 25.7 Å². The van der Waals surface area contributed by atoms with E-state index in [1.807, 2.05) is 18.2 Å². The quantitative estimate of drug-likeness (QED) is 0.0169. The highest BCUT2D eigenvalue weighted by Gasteiger charge is 2.30. The zero-order valence-electron chi connectivity index (χ0n) is 67.5. The monoisotopic (exact) mass is 1550 g/mol. The van der Waals surface area contributed by atoms with Crippen molar-refractivity contribution in [3.63, 3.8) is 0 Å². The van der Waals surface area contributed by atoms with E-state index in [2.05, 4.69) is 161 Å². The van der Waals surface area contributed by atoms with Gasteiger partial charge in [-0.2, -0.15) is 0 Å². The Labute approximate surface area is 655 Å². The molecular weight excluding hydrogens is 1400 g/mol. The van der Waals surface area contributed by atoms with Gasteiger partial charge >= 0.3 is 39.5 Å². The highest BCUT2D eigenvalue weighted by molar-refractivity contribution is 7.47. The van der Waals surface area contributed by atoms with Crippen molar-refractivity contribution in [3.05, 3.63) is 158 Å². The number of phosphoric ester groups is 2. The number of esters is 4. The summed E-state index contributed by atoms with van der Waals surface area (Å²) < 4.78 is 68.6. The number of carbonyl (C=O) groups excluding carboxylic acids is 4. The number of phosphoric acid groups is 2. The number of aliphatic hydroxyl groups excluding tert-OH is 1. The summed E-state index contributed by atoms with van der Waals surface area (Å²) in [7, 11) is -10.0. The second-order valence-electron chi connectivity index (χ2n) is 27.3. The van der Waals surface area contributed by atoms with Crippen LogP contribution in [-0.2, 0) is 65.4 Å². The number of hydrogen-bond donors (Lipinski definition) is 3. The van der Waals surface area contributed by atoms with Gasteiger partial charge in [-0.1, -0.05) is 327 Å². The van der Waals surface area contributed by atoms with Gasteiger partial charge in [0.2, 0.25) is 0 Å². The first kappa shape index (κ1) is 103. The van der Waals surface area contributed by atoms with Crippen LogP contribution in [0.5, 0.6) is 0 Å². The van der Waals surface area contributed by atoms with Crippen LogP contribution in [0.2, 0.25) is 0 Å². The average molecular weight is 1550 g/mol. The summed E-state index contributed by atoms with van der Waals surface area (Å²) in [6.45, 7) is 4.42. The Bertz CT molecular complexity index is 2660. The minimum atomic E-state index is -5.00. The lowest BCUT2D eigenvalue weighted by atomic mass is 10.0. The molecule has 0 aliphatic heterocycles. The predicted molar refractivity (Wildman–Crippen MR) is 445 cm³/mol. The molecule has 0 aromatic heterocycles. The summed E-state index contributed by atoms with van der Waals surface area (Å²) in [5, 5.41) is 10.7. The number of rotatable bonds is 77. The van der Waals surface area contributed by atoms with E-state index in [1.165, 1.54) is 64.2 Å². The van der Waals surface area contributed by atoms with Crippen LogP contribution < -0.4 is 0 Å². The molecule has 0 fully saturated rings. The van der Waals surface area contributed by atoms with Crippen molar-refractivity contribution in [2.45, 2.75) is 341 Å². The number of aliphatic hydroxyl groups is 1. The number of ether oxygens (including phenoxy) is 4. The Morgan fingerprint density at radius 3 is 0.824 bits per heavy atom. The molecule has 19 heteroatoms. The molecule has 0 aliphatic carbocycles. The molecule has 0 aliphatic rings.